The van der Waals surface area contributed by atoms with Gasteiger partial charge in [-0.3, -0.25) is 0 Å². The van der Waals surface area contributed by atoms with Crippen LogP contribution in [0.2, 0.25) is 5.15 Å². The fraction of sp³-hybridized carbons (Fsp3) is 0.333. The van der Waals surface area contributed by atoms with Crippen molar-refractivity contribution in [3.63, 3.8) is 0 Å². The minimum Gasteiger partial charge on any atom is -0.497 e. The predicted molar refractivity (Wildman–Crippen MR) is 82.1 cm³/mol. The molecular weight excluding hydrogens is 274 g/mol. The van der Waals surface area contributed by atoms with Crippen molar-refractivity contribution in [2.75, 3.05) is 12.4 Å². The van der Waals surface area contributed by atoms with Gasteiger partial charge in [0.2, 0.25) is 0 Å². The Morgan fingerprint density at radius 2 is 1.80 bits per heavy atom. The Bertz CT molecular complexity index is 597. The maximum absolute atomic E-state index is 6.17. The van der Waals surface area contributed by atoms with Crippen LogP contribution in [0.4, 0.5) is 11.5 Å². The number of halogens is 1. The van der Waals surface area contributed by atoms with Gasteiger partial charge in [0, 0.05) is 17.2 Å². The summed E-state index contributed by atoms with van der Waals surface area (Å²) in [5.74, 6) is 2.51. The number of hydrogen-bond acceptors (Lipinski definition) is 4. The Morgan fingerprint density at radius 3 is 2.35 bits per heavy atom. The second-order valence-electron chi connectivity index (χ2n) is 4.85. The van der Waals surface area contributed by atoms with Gasteiger partial charge >= 0.3 is 0 Å². The molecule has 0 atom stereocenters. The van der Waals surface area contributed by atoms with Gasteiger partial charge in [0.1, 0.15) is 22.5 Å². The Balaban J connectivity index is 2.31. The van der Waals surface area contributed by atoms with E-state index in [-0.39, 0.29) is 5.92 Å². The summed E-state index contributed by atoms with van der Waals surface area (Å²) in [6.07, 6.45) is 0. The molecule has 2 aromatic rings. The lowest BCUT2D eigenvalue weighted by molar-refractivity contribution is 0.415. The summed E-state index contributed by atoms with van der Waals surface area (Å²) < 4.78 is 5.14. The van der Waals surface area contributed by atoms with Crippen molar-refractivity contribution < 1.29 is 4.74 Å². The van der Waals surface area contributed by atoms with Crippen LogP contribution in [0.1, 0.15) is 31.2 Å². The summed E-state index contributed by atoms with van der Waals surface area (Å²) in [6.45, 7) is 5.98. The van der Waals surface area contributed by atoms with Gasteiger partial charge in [-0.2, -0.15) is 0 Å². The number of methoxy groups -OCH3 is 1. The first-order valence-electron chi connectivity index (χ1n) is 6.46. The van der Waals surface area contributed by atoms with Gasteiger partial charge in [0.25, 0.3) is 0 Å². The van der Waals surface area contributed by atoms with Crippen molar-refractivity contribution in [1.82, 2.24) is 9.97 Å². The normalized spacial score (nSPS) is 10.7. The monoisotopic (exact) mass is 291 g/mol. The van der Waals surface area contributed by atoms with E-state index in [9.17, 15) is 0 Å². The highest BCUT2D eigenvalue weighted by molar-refractivity contribution is 6.30. The van der Waals surface area contributed by atoms with E-state index in [0.717, 1.165) is 28.6 Å². The van der Waals surface area contributed by atoms with Gasteiger partial charge in [0.15, 0.2) is 0 Å². The van der Waals surface area contributed by atoms with E-state index in [0.29, 0.717) is 5.15 Å². The molecule has 1 aromatic heterocycles. The quantitative estimate of drug-likeness (QED) is 0.853. The zero-order valence-electron chi connectivity index (χ0n) is 12.1. The van der Waals surface area contributed by atoms with Gasteiger partial charge in [-0.25, -0.2) is 9.97 Å². The van der Waals surface area contributed by atoms with Crippen molar-refractivity contribution in [3.8, 4) is 5.75 Å². The van der Waals surface area contributed by atoms with Crippen LogP contribution < -0.4 is 10.1 Å². The van der Waals surface area contributed by atoms with Gasteiger partial charge in [-0.1, -0.05) is 25.4 Å². The number of hydrogen-bond donors (Lipinski definition) is 1. The summed E-state index contributed by atoms with van der Waals surface area (Å²) >= 11 is 6.17. The van der Waals surface area contributed by atoms with Crippen LogP contribution in [0.3, 0.4) is 0 Å². The van der Waals surface area contributed by atoms with Gasteiger partial charge in [-0.05, 0) is 31.2 Å². The van der Waals surface area contributed by atoms with Crippen molar-refractivity contribution in [3.05, 3.63) is 40.8 Å². The second kappa shape index (κ2) is 6.09. The highest BCUT2D eigenvalue weighted by Crippen LogP contribution is 2.26. The van der Waals surface area contributed by atoms with Crippen molar-refractivity contribution >= 4 is 23.1 Å². The van der Waals surface area contributed by atoms with Crippen LogP contribution in [-0.4, -0.2) is 17.1 Å². The van der Waals surface area contributed by atoms with Gasteiger partial charge < -0.3 is 10.1 Å². The number of nitrogens with one attached hydrogen (secondary N) is 1. The molecule has 0 fully saturated rings. The molecule has 0 aliphatic carbocycles. The molecule has 0 saturated carbocycles. The molecule has 1 N–H and O–H groups in total. The smallest absolute Gasteiger partial charge is 0.138 e. The van der Waals surface area contributed by atoms with E-state index in [2.05, 4.69) is 15.3 Å². The number of ether oxygens (including phenoxy) is 1. The lowest BCUT2D eigenvalue weighted by Gasteiger charge is -2.13. The average molecular weight is 292 g/mol. The summed E-state index contributed by atoms with van der Waals surface area (Å²) in [7, 11) is 1.64. The van der Waals surface area contributed by atoms with E-state index in [4.69, 9.17) is 16.3 Å². The van der Waals surface area contributed by atoms with E-state index in [1.807, 2.05) is 45.0 Å². The number of benzene rings is 1. The molecular formula is C15H18ClN3O. The molecule has 0 spiro atoms. The third-order valence-corrected chi connectivity index (χ3v) is 3.34. The van der Waals surface area contributed by atoms with E-state index in [1.54, 1.807) is 7.11 Å². The molecule has 0 bridgehead atoms. The van der Waals surface area contributed by atoms with Crippen LogP contribution in [0.15, 0.2) is 24.3 Å². The first kappa shape index (κ1) is 14.6. The standard InChI is InChI=1S/C15H18ClN3O/c1-9(2)14-18-13(16)10(3)15(19-14)17-11-5-7-12(20-4)8-6-11/h5-9H,1-4H3,(H,17,18,19). The minimum atomic E-state index is 0.226. The SMILES string of the molecule is COc1ccc(Nc2nc(C(C)C)nc(Cl)c2C)cc1. The summed E-state index contributed by atoms with van der Waals surface area (Å²) in [5.41, 5.74) is 1.77. The molecule has 0 saturated heterocycles. The zero-order valence-corrected chi connectivity index (χ0v) is 12.8. The molecule has 0 radical (unpaired) electrons. The third-order valence-electron chi connectivity index (χ3n) is 2.97. The van der Waals surface area contributed by atoms with E-state index >= 15 is 0 Å². The fourth-order valence-corrected chi connectivity index (χ4v) is 1.87. The summed E-state index contributed by atoms with van der Waals surface area (Å²) in [6, 6.07) is 7.65. The van der Waals surface area contributed by atoms with Crippen LogP contribution >= 0.6 is 11.6 Å². The van der Waals surface area contributed by atoms with E-state index < -0.39 is 0 Å². The maximum Gasteiger partial charge on any atom is 0.138 e. The van der Waals surface area contributed by atoms with Crippen LogP contribution in [0, 0.1) is 6.92 Å². The van der Waals surface area contributed by atoms with E-state index in [1.165, 1.54) is 0 Å². The molecule has 20 heavy (non-hydrogen) atoms. The minimum absolute atomic E-state index is 0.226. The summed E-state index contributed by atoms with van der Waals surface area (Å²) in [5, 5.41) is 3.75. The van der Waals surface area contributed by atoms with Crippen molar-refractivity contribution in [1.29, 1.82) is 0 Å². The molecule has 1 aromatic carbocycles. The molecule has 106 valence electrons. The van der Waals surface area contributed by atoms with Crippen LogP contribution in [0.25, 0.3) is 0 Å². The highest BCUT2D eigenvalue weighted by Gasteiger charge is 2.12. The second-order valence-corrected chi connectivity index (χ2v) is 5.21. The number of aromatic nitrogens is 2. The molecule has 2 rings (SSSR count). The average Bonchev–Trinajstić information content (AvgIpc) is 2.44. The molecule has 0 unspecified atom stereocenters. The lowest BCUT2D eigenvalue weighted by Crippen LogP contribution is -2.05. The zero-order chi connectivity index (χ0) is 14.7. The van der Waals surface area contributed by atoms with Crippen LogP contribution in [-0.2, 0) is 0 Å². The molecule has 0 amide bonds. The molecule has 0 aliphatic rings. The molecule has 1 heterocycles. The number of anilines is 2. The maximum atomic E-state index is 6.17. The Hall–Kier alpha value is -1.81. The molecule has 5 heteroatoms. The topological polar surface area (TPSA) is 47.0 Å². The first-order chi connectivity index (χ1) is 9.51. The summed E-state index contributed by atoms with van der Waals surface area (Å²) in [4.78, 5) is 8.83. The molecule has 4 nitrogen and oxygen atoms in total. The third kappa shape index (κ3) is 3.20. The first-order valence-corrected chi connectivity index (χ1v) is 6.84. The number of rotatable bonds is 4. The predicted octanol–water partition coefficient (Wildman–Crippen LogP) is 4.31. The Labute approximate surface area is 124 Å². The lowest BCUT2D eigenvalue weighted by atomic mass is 10.2. The van der Waals surface area contributed by atoms with Crippen molar-refractivity contribution in [2.24, 2.45) is 0 Å². The highest BCUT2D eigenvalue weighted by atomic mass is 35.5. The Morgan fingerprint density at radius 1 is 1.15 bits per heavy atom. The molecule has 0 aliphatic heterocycles. The number of nitrogens with zero attached hydrogens (tertiary/aromatic N) is 2. The van der Waals surface area contributed by atoms with Crippen molar-refractivity contribution in [2.45, 2.75) is 26.7 Å². The largest absolute Gasteiger partial charge is 0.497 e. The van der Waals surface area contributed by atoms with Crippen LogP contribution in [0.5, 0.6) is 5.75 Å². The van der Waals surface area contributed by atoms with Gasteiger partial charge in [-0.15, -0.1) is 0 Å². The van der Waals surface area contributed by atoms with Gasteiger partial charge in [0.05, 0.1) is 7.11 Å². The fourth-order valence-electron chi connectivity index (χ4n) is 1.70. The Kier molecular flexibility index (Phi) is 4.45.